The van der Waals surface area contributed by atoms with Crippen molar-refractivity contribution in [3.63, 3.8) is 0 Å². The highest BCUT2D eigenvalue weighted by molar-refractivity contribution is 5.95. The number of halogens is 1. The fourth-order valence-electron chi connectivity index (χ4n) is 1.95. The summed E-state index contributed by atoms with van der Waals surface area (Å²) in [6, 6.07) is 10.6. The number of carbonyl (C=O) groups is 1. The van der Waals surface area contributed by atoms with Gasteiger partial charge in [-0.05, 0) is 37.1 Å². The third kappa shape index (κ3) is 3.15. The lowest BCUT2D eigenvalue weighted by molar-refractivity contribution is 0.0946. The van der Waals surface area contributed by atoms with Crippen LogP contribution in [-0.4, -0.2) is 5.91 Å². The van der Waals surface area contributed by atoms with Crippen LogP contribution in [0.3, 0.4) is 0 Å². The molecule has 0 aliphatic carbocycles. The van der Waals surface area contributed by atoms with Crippen molar-refractivity contribution in [3.05, 3.63) is 64.5 Å². The third-order valence-electron chi connectivity index (χ3n) is 3.10. The first kappa shape index (κ1) is 14.1. The molecule has 0 radical (unpaired) electrons. The van der Waals surface area contributed by atoms with Gasteiger partial charge in [-0.2, -0.15) is 0 Å². The fraction of sp³-hybridized carbons (Fsp3) is 0.188. The van der Waals surface area contributed by atoms with Gasteiger partial charge in [-0.1, -0.05) is 29.8 Å². The summed E-state index contributed by atoms with van der Waals surface area (Å²) in [5.41, 5.74) is 8.48. The minimum Gasteiger partial charge on any atom is -0.399 e. The minimum atomic E-state index is -0.527. The Morgan fingerprint density at radius 3 is 2.50 bits per heavy atom. The molecule has 0 aromatic heterocycles. The molecule has 4 heteroatoms. The minimum absolute atomic E-state index is 0.0189. The summed E-state index contributed by atoms with van der Waals surface area (Å²) in [5, 5.41) is 2.70. The number of rotatable bonds is 3. The number of nitrogens with one attached hydrogen (secondary N) is 1. The number of hydrogen-bond donors (Lipinski definition) is 2. The molecule has 104 valence electrons. The zero-order chi connectivity index (χ0) is 14.7. The van der Waals surface area contributed by atoms with Gasteiger partial charge in [0.2, 0.25) is 0 Å². The molecule has 3 nitrogen and oxygen atoms in total. The SMILES string of the molecule is Cc1ccc(CNC(=O)c2cc(N)cc(C)c2F)cc1. The van der Waals surface area contributed by atoms with Gasteiger partial charge in [0, 0.05) is 12.2 Å². The van der Waals surface area contributed by atoms with Crippen LogP contribution in [0.15, 0.2) is 36.4 Å². The van der Waals surface area contributed by atoms with E-state index in [9.17, 15) is 9.18 Å². The van der Waals surface area contributed by atoms with Crippen LogP contribution in [0.1, 0.15) is 27.0 Å². The van der Waals surface area contributed by atoms with E-state index in [-0.39, 0.29) is 5.56 Å². The zero-order valence-corrected chi connectivity index (χ0v) is 11.5. The van der Waals surface area contributed by atoms with Gasteiger partial charge >= 0.3 is 0 Å². The number of benzene rings is 2. The molecule has 0 atom stereocenters. The van der Waals surface area contributed by atoms with Gasteiger partial charge in [0.15, 0.2) is 0 Å². The summed E-state index contributed by atoms with van der Waals surface area (Å²) >= 11 is 0. The second kappa shape index (κ2) is 5.74. The standard InChI is InChI=1S/C16H17FN2O/c1-10-3-5-12(6-4-10)9-19-16(20)14-8-13(18)7-11(2)15(14)17/h3-8H,9,18H2,1-2H3,(H,19,20). The number of nitrogens with two attached hydrogens (primary N) is 1. The maximum absolute atomic E-state index is 13.9. The van der Waals surface area contributed by atoms with E-state index in [1.807, 2.05) is 31.2 Å². The van der Waals surface area contributed by atoms with Gasteiger partial charge in [0.1, 0.15) is 5.82 Å². The Morgan fingerprint density at radius 2 is 1.85 bits per heavy atom. The number of carbonyl (C=O) groups excluding carboxylic acids is 1. The first-order chi connectivity index (χ1) is 9.47. The average Bonchev–Trinajstić information content (AvgIpc) is 2.42. The Morgan fingerprint density at radius 1 is 1.20 bits per heavy atom. The summed E-state index contributed by atoms with van der Waals surface area (Å²) in [6.45, 7) is 3.93. The van der Waals surface area contributed by atoms with Gasteiger partial charge in [-0.25, -0.2) is 4.39 Å². The Balaban J connectivity index is 2.11. The van der Waals surface area contributed by atoms with Crippen LogP contribution in [0.5, 0.6) is 0 Å². The van der Waals surface area contributed by atoms with Crippen LogP contribution in [0, 0.1) is 19.7 Å². The molecule has 0 spiro atoms. The Bertz CT molecular complexity index is 636. The monoisotopic (exact) mass is 272 g/mol. The topological polar surface area (TPSA) is 55.1 Å². The third-order valence-corrected chi connectivity index (χ3v) is 3.10. The lowest BCUT2D eigenvalue weighted by atomic mass is 10.1. The van der Waals surface area contributed by atoms with Crippen LogP contribution in [0.25, 0.3) is 0 Å². The van der Waals surface area contributed by atoms with E-state index in [2.05, 4.69) is 5.32 Å². The summed E-state index contributed by atoms with van der Waals surface area (Å²) in [5.74, 6) is -0.987. The lowest BCUT2D eigenvalue weighted by Gasteiger charge is -2.09. The van der Waals surface area contributed by atoms with Crippen molar-refractivity contribution in [1.29, 1.82) is 0 Å². The number of aryl methyl sites for hydroxylation is 2. The molecule has 0 aliphatic rings. The molecular formula is C16H17FN2O. The summed E-state index contributed by atoms with van der Waals surface area (Å²) in [4.78, 5) is 12.0. The molecule has 0 heterocycles. The maximum Gasteiger partial charge on any atom is 0.254 e. The maximum atomic E-state index is 13.9. The highest BCUT2D eigenvalue weighted by Gasteiger charge is 2.14. The van der Waals surface area contributed by atoms with E-state index in [1.165, 1.54) is 12.1 Å². The largest absolute Gasteiger partial charge is 0.399 e. The number of anilines is 1. The van der Waals surface area contributed by atoms with E-state index in [0.29, 0.717) is 17.8 Å². The quantitative estimate of drug-likeness (QED) is 0.844. The molecule has 2 aromatic carbocycles. The molecule has 0 unspecified atom stereocenters. The van der Waals surface area contributed by atoms with Crippen molar-refractivity contribution < 1.29 is 9.18 Å². The molecule has 0 bridgehead atoms. The van der Waals surface area contributed by atoms with Crippen LogP contribution in [0.4, 0.5) is 10.1 Å². The fourth-order valence-corrected chi connectivity index (χ4v) is 1.95. The number of hydrogen-bond acceptors (Lipinski definition) is 2. The summed E-state index contributed by atoms with van der Waals surface area (Å²) in [6.07, 6.45) is 0. The first-order valence-corrected chi connectivity index (χ1v) is 6.36. The molecule has 0 aliphatic heterocycles. The zero-order valence-electron chi connectivity index (χ0n) is 11.5. The van der Waals surface area contributed by atoms with Crippen LogP contribution < -0.4 is 11.1 Å². The highest BCUT2D eigenvalue weighted by atomic mass is 19.1. The predicted molar refractivity (Wildman–Crippen MR) is 77.9 cm³/mol. The van der Waals surface area contributed by atoms with Crippen molar-refractivity contribution in [2.24, 2.45) is 0 Å². The van der Waals surface area contributed by atoms with Gasteiger partial charge in [0.25, 0.3) is 5.91 Å². The van der Waals surface area contributed by atoms with E-state index in [4.69, 9.17) is 5.73 Å². The summed E-state index contributed by atoms with van der Waals surface area (Å²) in [7, 11) is 0. The van der Waals surface area contributed by atoms with E-state index < -0.39 is 11.7 Å². The smallest absolute Gasteiger partial charge is 0.254 e. The molecule has 20 heavy (non-hydrogen) atoms. The normalized spacial score (nSPS) is 10.3. The van der Waals surface area contributed by atoms with E-state index in [1.54, 1.807) is 6.92 Å². The highest BCUT2D eigenvalue weighted by Crippen LogP contribution is 2.17. The summed E-state index contributed by atoms with van der Waals surface area (Å²) < 4.78 is 13.9. The lowest BCUT2D eigenvalue weighted by Crippen LogP contribution is -2.24. The molecule has 0 saturated carbocycles. The molecule has 2 rings (SSSR count). The predicted octanol–water partition coefficient (Wildman–Crippen LogP) is 2.95. The van der Waals surface area contributed by atoms with Crippen molar-refractivity contribution in [1.82, 2.24) is 5.32 Å². The van der Waals surface area contributed by atoms with Crippen LogP contribution in [-0.2, 0) is 6.54 Å². The van der Waals surface area contributed by atoms with Gasteiger partial charge in [0.05, 0.1) is 5.56 Å². The molecule has 0 fully saturated rings. The molecule has 0 saturated heterocycles. The number of amides is 1. The molecule has 2 aromatic rings. The van der Waals surface area contributed by atoms with Crippen molar-refractivity contribution in [3.8, 4) is 0 Å². The van der Waals surface area contributed by atoms with Gasteiger partial charge in [-0.15, -0.1) is 0 Å². The van der Waals surface area contributed by atoms with Crippen LogP contribution in [0.2, 0.25) is 0 Å². The van der Waals surface area contributed by atoms with Crippen molar-refractivity contribution in [2.75, 3.05) is 5.73 Å². The van der Waals surface area contributed by atoms with Gasteiger partial charge < -0.3 is 11.1 Å². The number of nitrogen functional groups attached to an aromatic ring is 1. The van der Waals surface area contributed by atoms with Gasteiger partial charge in [-0.3, -0.25) is 4.79 Å². The second-order valence-electron chi connectivity index (χ2n) is 4.87. The Hall–Kier alpha value is -2.36. The molecular weight excluding hydrogens is 255 g/mol. The molecule has 1 amide bonds. The van der Waals surface area contributed by atoms with Crippen LogP contribution >= 0.6 is 0 Å². The second-order valence-corrected chi connectivity index (χ2v) is 4.87. The first-order valence-electron chi connectivity index (χ1n) is 6.36. The average molecular weight is 272 g/mol. The van der Waals surface area contributed by atoms with Crippen molar-refractivity contribution >= 4 is 11.6 Å². The van der Waals surface area contributed by atoms with E-state index in [0.717, 1.165) is 11.1 Å². The Kier molecular flexibility index (Phi) is 4.03. The molecule has 3 N–H and O–H groups in total. The van der Waals surface area contributed by atoms with E-state index >= 15 is 0 Å². The Labute approximate surface area is 117 Å². The van der Waals surface area contributed by atoms with Crippen molar-refractivity contribution in [2.45, 2.75) is 20.4 Å².